The van der Waals surface area contributed by atoms with Gasteiger partial charge in [0.05, 0.1) is 0 Å². The van der Waals surface area contributed by atoms with E-state index in [1.165, 1.54) is 24.5 Å². The highest BCUT2D eigenvalue weighted by Crippen LogP contribution is 2.08. The fourth-order valence-electron chi connectivity index (χ4n) is 1.31. The van der Waals surface area contributed by atoms with Crippen molar-refractivity contribution in [3.8, 4) is 5.75 Å². The third kappa shape index (κ3) is 2.52. The van der Waals surface area contributed by atoms with Gasteiger partial charge in [0.15, 0.2) is 0 Å². The van der Waals surface area contributed by atoms with E-state index >= 15 is 0 Å². The molecule has 7 heteroatoms. The molecule has 0 saturated heterocycles. The molecule has 1 aromatic carbocycles. The Bertz CT molecular complexity index is 513. The molecule has 86 valence electrons. The molecule has 2 rings (SSSR count). The summed E-state index contributed by atoms with van der Waals surface area (Å²) in [7, 11) is -1.70. The first kappa shape index (κ1) is 11.4. The fraction of sp³-hybridized carbons (Fsp3) is 0. The molecule has 1 heterocycles. The van der Waals surface area contributed by atoms with E-state index in [9.17, 15) is 4.79 Å². The van der Waals surface area contributed by atoms with Crippen molar-refractivity contribution in [3.63, 3.8) is 0 Å². The molecule has 1 aromatic heterocycles. The van der Waals surface area contributed by atoms with E-state index in [1.54, 1.807) is 12.1 Å². The molecule has 0 radical (unpaired) electrons. The van der Waals surface area contributed by atoms with Crippen molar-refractivity contribution in [1.82, 2.24) is 9.97 Å². The Balaban J connectivity index is 2.22. The van der Waals surface area contributed by atoms with Gasteiger partial charge in [0.1, 0.15) is 5.75 Å². The lowest BCUT2D eigenvalue weighted by Gasteiger charge is -2.07. The maximum atomic E-state index is 11.6. The number of hydrogen-bond donors (Lipinski definition) is 3. The van der Waals surface area contributed by atoms with Gasteiger partial charge in [-0.2, -0.15) is 0 Å². The second-order valence-electron chi connectivity index (χ2n) is 3.24. The van der Waals surface area contributed by atoms with E-state index in [0.717, 1.165) is 0 Å². The number of nitrogens with one attached hydrogen (secondary N) is 1. The van der Waals surface area contributed by atoms with Crippen molar-refractivity contribution >= 4 is 18.6 Å². The molecule has 0 unspecified atom stereocenters. The van der Waals surface area contributed by atoms with Crippen LogP contribution < -0.4 is 10.2 Å². The number of rotatable bonds is 3. The smallest absolute Gasteiger partial charge is 0.423 e. The van der Waals surface area contributed by atoms with Crippen LogP contribution in [-0.4, -0.2) is 33.1 Å². The molecule has 2 aromatic rings. The number of aromatic nitrogens is 2. The molecule has 0 aliphatic rings. The molecule has 0 aliphatic carbocycles. The topological polar surface area (TPSA) is 95.4 Å². The third-order valence-corrected chi connectivity index (χ3v) is 2.09. The summed E-state index contributed by atoms with van der Waals surface area (Å²) in [6, 6.07) is 6.15. The lowest BCUT2D eigenvalue weighted by atomic mass is 9.79. The largest absolute Gasteiger partial charge is 0.492 e. The standard InChI is InChI=1S/C10H9BN2O4/c14-10(9-12-5-6-13-9)17-8-4-2-1-3-7(8)11(15)16/h1-6,15-16H,(H,12,13). The average molecular weight is 232 g/mol. The van der Waals surface area contributed by atoms with Gasteiger partial charge in [-0.3, -0.25) is 0 Å². The predicted octanol–water partition coefficient (Wildman–Crippen LogP) is -0.691. The Morgan fingerprint density at radius 3 is 2.76 bits per heavy atom. The zero-order valence-electron chi connectivity index (χ0n) is 8.70. The minimum atomic E-state index is -1.70. The number of imidazole rings is 1. The molecule has 0 amide bonds. The molecular formula is C10H9BN2O4. The van der Waals surface area contributed by atoms with Crippen LogP contribution in [-0.2, 0) is 0 Å². The van der Waals surface area contributed by atoms with Crippen LogP contribution in [0.2, 0.25) is 0 Å². The summed E-state index contributed by atoms with van der Waals surface area (Å²) in [6.45, 7) is 0. The van der Waals surface area contributed by atoms with Crippen LogP contribution in [0.3, 0.4) is 0 Å². The van der Waals surface area contributed by atoms with E-state index in [0.29, 0.717) is 0 Å². The zero-order valence-corrected chi connectivity index (χ0v) is 8.70. The molecule has 0 bridgehead atoms. The van der Waals surface area contributed by atoms with E-state index in [1.807, 2.05) is 0 Å². The first-order valence-corrected chi connectivity index (χ1v) is 4.85. The van der Waals surface area contributed by atoms with Crippen LogP contribution in [0.15, 0.2) is 36.7 Å². The fourth-order valence-corrected chi connectivity index (χ4v) is 1.31. The average Bonchev–Trinajstić information content (AvgIpc) is 2.83. The first-order chi connectivity index (χ1) is 8.18. The quantitative estimate of drug-likeness (QED) is 0.369. The van der Waals surface area contributed by atoms with Crippen molar-refractivity contribution in [2.24, 2.45) is 0 Å². The summed E-state index contributed by atoms with van der Waals surface area (Å²) >= 11 is 0. The van der Waals surface area contributed by atoms with E-state index in [2.05, 4.69) is 9.97 Å². The number of aromatic amines is 1. The second-order valence-corrected chi connectivity index (χ2v) is 3.24. The van der Waals surface area contributed by atoms with Gasteiger partial charge in [-0.25, -0.2) is 9.78 Å². The van der Waals surface area contributed by atoms with Crippen molar-refractivity contribution in [1.29, 1.82) is 0 Å². The van der Waals surface area contributed by atoms with Crippen molar-refractivity contribution in [3.05, 3.63) is 42.5 Å². The minimum absolute atomic E-state index is 0.0484. The maximum absolute atomic E-state index is 11.6. The number of carbonyl (C=O) groups is 1. The van der Waals surface area contributed by atoms with E-state index in [-0.39, 0.29) is 17.0 Å². The molecule has 0 fully saturated rings. The number of H-pyrrole nitrogens is 1. The molecule has 0 atom stereocenters. The summed E-state index contributed by atoms with van der Waals surface area (Å²) in [6.07, 6.45) is 2.91. The summed E-state index contributed by atoms with van der Waals surface area (Å²) in [5.41, 5.74) is 0.118. The van der Waals surface area contributed by atoms with Gasteiger partial charge in [-0.1, -0.05) is 18.2 Å². The molecule has 6 nitrogen and oxygen atoms in total. The number of esters is 1. The van der Waals surface area contributed by atoms with Gasteiger partial charge in [0.2, 0.25) is 5.82 Å². The number of carbonyl (C=O) groups excluding carboxylic acids is 1. The highest BCUT2D eigenvalue weighted by atomic mass is 16.5. The number of para-hydroxylation sites is 1. The summed E-state index contributed by atoms with van der Waals surface area (Å²) in [5.74, 6) is -0.556. The Morgan fingerprint density at radius 1 is 1.35 bits per heavy atom. The molecular weight excluding hydrogens is 223 g/mol. The van der Waals surface area contributed by atoms with Gasteiger partial charge in [0.25, 0.3) is 0 Å². The van der Waals surface area contributed by atoms with Crippen LogP contribution in [0.25, 0.3) is 0 Å². The minimum Gasteiger partial charge on any atom is -0.423 e. The van der Waals surface area contributed by atoms with Crippen molar-refractivity contribution < 1.29 is 19.6 Å². The lowest BCUT2D eigenvalue weighted by molar-refractivity contribution is 0.0724. The van der Waals surface area contributed by atoms with E-state index in [4.69, 9.17) is 14.8 Å². The van der Waals surface area contributed by atoms with Crippen molar-refractivity contribution in [2.75, 3.05) is 0 Å². The molecule has 0 spiro atoms. The summed E-state index contributed by atoms with van der Waals surface area (Å²) < 4.78 is 5.00. The van der Waals surface area contributed by atoms with E-state index < -0.39 is 13.1 Å². The lowest BCUT2D eigenvalue weighted by Crippen LogP contribution is -2.32. The van der Waals surface area contributed by atoms with Gasteiger partial charge in [-0.05, 0) is 6.07 Å². The molecule has 0 saturated carbocycles. The van der Waals surface area contributed by atoms with Crippen LogP contribution in [0.4, 0.5) is 0 Å². The van der Waals surface area contributed by atoms with Crippen LogP contribution in [0.5, 0.6) is 5.75 Å². The number of nitrogens with zero attached hydrogens (tertiary/aromatic N) is 1. The summed E-state index contributed by atoms with van der Waals surface area (Å²) in [5, 5.41) is 18.2. The summed E-state index contributed by atoms with van der Waals surface area (Å²) in [4.78, 5) is 17.9. The normalized spacial score (nSPS) is 10.0. The monoisotopic (exact) mass is 232 g/mol. The highest BCUT2D eigenvalue weighted by molar-refractivity contribution is 6.59. The first-order valence-electron chi connectivity index (χ1n) is 4.85. The Kier molecular flexibility index (Phi) is 3.22. The number of ether oxygens (including phenoxy) is 1. The van der Waals surface area contributed by atoms with Crippen molar-refractivity contribution in [2.45, 2.75) is 0 Å². The molecule has 17 heavy (non-hydrogen) atoms. The predicted molar refractivity (Wildman–Crippen MR) is 59.8 cm³/mol. The Hall–Kier alpha value is -2.12. The Labute approximate surface area is 97.0 Å². The van der Waals surface area contributed by atoms with Gasteiger partial charge in [0, 0.05) is 17.9 Å². The molecule has 0 aliphatic heterocycles. The highest BCUT2D eigenvalue weighted by Gasteiger charge is 2.19. The van der Waals surface area contributed by atoms with Gasteiger partial charge < -0.3 is 19.8 Å². The van der Waals surface area contributed by atoms with Gasteiger partial charge in [-0.15, -0.1) is 0 Å². The number of hydrogen-bond acceptors (Lipinski definition) is 5. The second kappa shape index (κ2) is 4.81. The third-order valence-electron chi connectivity index (χ3n) is 2.09. The Morgan fingerprint density at radius 2 is 2.12 bits per heavy atom. The molecule has 3 N–H and O–H groups in total. The van der Waals surface area contributed by atoms with Crippen LogP contribution >= 0.6 is 0 Å². The SMILES string of the molecule is O=C(Oc1ccccc1B(O)O)c1ncc[nH]1. The van der Waals surface area contributed by atoms with Gasteiger partial charge >= 0.3 is 13.1 Å². The zero-order chi connectivity index (χ0) is 12.3. The van der Waals surface area contributed by atoms with Crippen LogP contribution in [0.1, 0.15) is 10.6 Å². The number of benzene rings is 1. The van der Waals surface area contributed by atoms with Crippen LogP contribution in [0, 0.1) is 0 Å². The maximum Gasteiger partial charge on any atom is 0.492 e.